The minimum absolute atomic E-state index is 0.0262. The highest BCUT2D eigenvalue weighted by Crippen LogP contribution is 2.32. The third-order valence-corrected chi connectivity index (χ3v) is 3.96. The average Bonchev–Trinajstić information content (AvgIpc) is 3.02. The van der Waals surface area contributed by atoms with Crippen molar-refractivity contribution in [3.63, 3.8) is 0 Å². The number of fused-ring (bicyclic) bond motifs is 1. The van der Waals surface area contributed by atoms with E-state index in [-0.39, 0.29) is 18.5 Å². The molecule has 0 spiro atoms. The molecule has 1 unspecified atom stereocenters. The molecule has 1 heterocycles. The Hall–Kier alpha value is -2.86. The molecule has 0 fully saturated rings. The molecule has 1 aliphatic heterocycles. The van der Waals surface area contributed by atoms with Crippen molar-refractivity contribution in [3.8, 4) is 11.5 Å². The van der Waals surface area contributed by atoms with Gasteiger partial charge in [0.2, 0.25) is 6.79 Å². The molecular formula is C19H21N2O4+. The normalized spacial score (nSPS) is 13.4. The predicted octanol–water partition coefficient (Wildman–Crippen LogP) is 1.27. The minimum Gasteiger partial charge on any atom is -0.454 e. The molecule has 2 aromatic rings. The maximum atomic E-state index is 12.2. The fourth-order valence-corrected chi connectivity index (χ4v) is 2.76. The van der Waals surface area contributed by atoms with E-state index in [2.05, 4.69) is 5.32 Å². The van der Waals surface area contributed by atoms with Gasteiger partial charge in [-0.05, 0) is 37.3 Å². The lowest BCUT2D eigenvalue weighted by atomic mass is 10.1. The van der Waals surface area contributed by atoms with Crippen LogP contribution in [0, 0.1) is 0 Å². The highest BCUT2D eigenvalue weighted by atomic mass is 16.7. The van der Waals surface area contributed by atoms with Gasteiger partial charge in [-0.3, -0.25) is 9.59 Å². The van der Waals surface area contributed by atoms with Crippen LogP contribution in [0.3, 0.4) is 0 Å². The van der Waals surface area contributed by atoms with E-state index in [4.69, 9.17) is 9.47 Å². The number of quaternary nitrogens is 1. The summed E-state index contributed by atoms with van der Waals surface area (Å²) >= 11 is 0. The van der Waals surface area contributed by atoms with Crippen LogP contribution in [0.5, 0.6) is 11.5 Å². The fourth-order valence-electron chi connectivity index (χ4n) is 2.76. The molecule has 1 aliphatic rings. The Kier molecular flexibility index (Phi) is 5.00. The topological polar surface area (TPSA) is 69.1 Å². The Morgan fingerprint density at radius 2 is 1.92 bits per heavy atom. The molecule has 3 rings (SSSR count). The van der Waals surface area contributed by atoms with E-state index in [0.717, 1.165) is 22.0 Å². The van der Waals surface area contributed by atoms with Crippen LogP contribution in [-0.2, 0) is 11.3 Å². The first-order valence-electron chi connectivity index (χ1n) is 8.12. The highest BCUT2D eigenvalue weighted by Gasteiger charge is 2.16. The zero-order chi connectivity index (χ0) is 17.8. The fraction of sp³-hybridized carbons (Fsp3) is 0.263. The Labute approximate surface area is 146 Å². The molecule has 0 aromatic heterocycles. The third-order valence-electron chi connectivity index (χ3n) is 3.96. The number of ether oxygens (including phenoxy) is 2. The predicted molar refractivity (Wildman–Crippen MR) is 93.1 cm³/mol. The molecule has 0 radical (unpaired) electrons. The molecule has 1 amide bonds. The summed E-state index contributed by atoms with van der Waals surface area (Å²) in [5.74, 6) is 1.38. The van der Waals surface area contributed by atoms with Crippen LogP contribution in [0.1, 0.15) is 22.8 Å². The van der Waals surface area contributed by atoms with E-state index in [9.17, 15) is 9.59 Å². The summed E-state index contributed by atoms with van der Waals surface area (Å²) in [6.07, 6.45) is 0. The van der Waals surface area contributed by atoms with Crippen LogP contribution < -0.4 is 19.7 Å². The van der Waals surface area contributed by atoms with Crippen molar-refractivity contribution in [1.29, 1.82) is 0 Å². The molecule has 0 aliphatic carbocycles. The molecule has 6 nitrogen and oxygen atoms in total. The van der Waals surface area contributed by atoms with E-state index in [1.165, 1.54) is 6.92 Å². The van der Waals surface area contributed by atoms with Crippen LogP contribution in [0.25, 0.3) is 0 Å². The Morgan fingerprint density at radius 1 is 1.12 bits per heavy atom. The zero-order valence-corrected chi connectivity index (χ0v) is 14.3. The van der Waals surface area contributed by atoms with Gasteiger partial charge in [-0.2, -0.15) is 0 Å². The second-order valence-corrected chi connectivity index (χ2v) is 6.18. The second kappa shape index (κ2) is 7.36. The maximum Gasteiger partial charge on any atom is 0.279 e. The van der Waals surface area contributed by atoms with Gasteiger partial charge in [0.05, 0.1) is 7.05 Å². The molecule has 6 heteroatoms. The number of hydrogen-bond acceptors (Lipinski definition) is 4. The van der Waals surface area contributed by atoms with E-state index >= 15 is 0 Å². The standard InChI is InChI=1S/C19H20N2O4/c1-13(22)15-4-3-5-16(9-15)20-19(23)11-21(2)10-14-6-7-17-18(8-14)25-12-24-17/h3-9H,10-12H2,1-2H3,(H,20,23)/p+1. The summed E-state index contributed by atoms with van der Waals surface area (Å²) < 4.78 is 10.7. The zero-order valence-electron chi connectivity index (χ0n) is 14.3. The van der Waals surface area contributed by atoms with Gasteiger partial charge in [0, 0.05) is 16.8 Å². The summed E-state index contributed by atoms with van der Waals surface area (Å²) in [5, 5.41) is 2.84. The quantitative estimate of drug-likeness (QED) is 0.777. The number of carbonyl (C=O) groups excluding carboxylic acids is 2. The van der Waals surface area contributed by atoms with Gasteiger partial charge < -0.3 is 19.7 Å². The number of benzene rings is 2. The molecule has 0 saturated heterocycles. The number of hydrogen-bond donors (Lipinski definition) is 2. The Balaban J connectivity index is 1.55. The smallest absolute Gasteiger partial charge is 0.279 e. The van der Waals surface area contributed by atoms with Crippen molar-refractivity contribution in [3.05, 3.63) is 53.6 Å². The van der Waals surface area contributed by atoms with Gasteiger partial charge in [0.25, 0.3) is 5.91 Å². The minimum atomic E-state index is -0.0982. The van der Waals surface area contributed by atoms with E-state index in [1.807, 2.05) is 25.2 Å². The van der Waals surface area contributed by atoms with Gasteiger partial charge in [-0.25, -0.2) is 0 Å². The van der Waals surface area contributed by atoms with Gasteiger partial charge in [0.1, 0.15) is 6.54 Å². The first-order valence-corrected chi connectivity index (χ1v) is 8.12. The Bertz CT molecular complexity index is 804. The van der Waals surface area contributed by atoms with Gasteiger partial charge >= 0.3 is 0 Å². The van der Waals surface area contributed by atoms with E-state index in [0.29, 0.717) is 24.3 Å². The third kappa shape index (κ3) is 4.36. The number of anilines is 1. The van der Waals surface area contributed by atoms with Crippen molar-refractivity contribution in [2.24, 2.45) is 0 Å². The number of Topliss-reactive ketones (excluding diaryl/α,β-unsaturated/α-hetero) is 1. The largest absolute Gasteiger partial charge is 0.454 e. The molecule has 0 saturated carbocycles. The monoisotopic (exact) mass is 341 g/mol. The Morgan fingerprint density at radius 3 is 2.72 bits per heavy atom. The SMILES string of the molecule is CC(=O)c1cccc(NC(=O)C[NH+](C)Cc2ccc3c(c2)OCO3)c1. The van der Waals surface area contributed by atoms with E-state index in [1.54, 1.807) is 24.3 Å². The number of amides is 1. The lowest BCUT2D eigenvalue weighted by Gasteiger charge is -2.14. The second-order valence-electron chi connectivity index (χ2n) is 6.18. The summed E-state index contributed by atoms with van der Waals surface area (Å²) in [4.78, 5) is 24.7. The summed E-state index contributed by atoms with van der Waals surface area (Å²) in [7, 11) is 1.95. The molecule has 0 bridgehead atoms. The number of carbonyl (C=O) groups is 2. The molecule has 1 atom stereocenters. The van der Waals surface area contributed by atoms with Crippen LogP contribution in [-0.4, -0.2) is 32.1 Å². The lowest BCUT2D eigenvalue weighted by molar-refractivity contribution is -0.885. The van der Waals surface area contributed by atoms with Crippen molar-refractivity contribution >= 4 is 17.4 Å². The first-order chi connectivity index (χ1) is 12.0. The van der Waals surface area contributed by atoms with Crippen molar-refractivity contribution in [1.82, 2.24) is 0 Å². The molecule has 2 aromatic carbocycles. The van der Waals surface area contributed by atoms with E-state index < -0.39 is 0 Å². The van der Waals surface area contributed by atoms with Crippen LogP contribution in [0.15, 0.2) is 42.5 Å². The molecular weight excluding hydrogens is 320 g/mol. The van der Waals surface area contributed by atoms with Gasteiger partial charge in [-0.1, -0.05) is 12.1 Å². The average molecular weight is 341 g/mol. The summed E-state index contributed by atoms with van der Waals surface area (Å²) in [6.45, 7) is 2.77. The van der Waals surface area contributed by atoms with Crippen molar-refractivity contribution < 1.29 is 24.0 Å². The molecule has 130 valence electrons. The summed E-state index contributed by atoms with van der Waals surface area (Å²) in [6, 6.07) is 12.8. The van der Waals surface area contributed by atoms with Crippen LogP contribution >= 0.6 is 0 Å². The number of nitrogens with one attached hydrogen (secondary N) is 2. The maximum absolute atomic E-state index is 12.2. The molecule has 25 heavy (non-hydrogen) atoms. The van der Waals surface area contributed by atoms with Crippen LogP contribution in [0.2, 0.25) is 0 Å². The van der Waals surface area contributed by atoms with Crippen molar-refractivity contribution in [2.45, 2.75) is 13.5 Å². The molecule has 2 N–H and O–H groups in total. The lowest BCUT2D eigenvalue weighted by Crippen LogP contribution is -3.08. The first kappa shape index (κ1) is 17.0. The number of likely N-dealkylation sites (N-methyl/N-ethyl adjacent to an activating group) is 1. The van der Waals surface area contributed by atoms with Crippen LogP contribution in [0.4, 0.5) is 5.69 Å². The summed E-state index contributed by atoms with van der Waals surface area (Å²) in [5.41, 5.74) is 2.29. The highest BCUT2D eigenvalue weighted by molar-refractivity contribution is 5.97. The number of ketones is 1. The van der Waals surface area contributed by atoms with Gasteiger partial charge in [0.15, 0.2) is 23.8 Å². The number of rotatable bonds is 6. The van der Waals surface area contributed by atoms with Crippen molar-refractivity contribution in [2.75, 3.05) is 25.7 Å². The van der Waals surface area contributed by atoms with Gasteiger partial charge in [-0.15, -0.1) is 0 Å².